The first-order valence-corrected chi connectivity index (χ1v) is 11.6. The molecule has 0 amide bonds. The zero-order chi connectivity index (χ0) is 20.1. The van der Waals surface area contributed by atoms with Gasteiger partial charge < -0.3 is 4.90 Å². The van der Waals surface area contributed by atoms with Gasteiger partial charge >= 0.3 is 0 Å². The lowest BCUT2D eigenvalue weighted by Gasteiger charge is -2.42. The molecule has 28 heavy (non-hydrogen) atoms. The van der Waals surface area contributed by atoms with Gasteiger partial charge in [-0.25, -0.2) is 8.42 Å². The molecule has 0 spiro atoms. The molecule has 0 aliphatic carbocycles. The molecule has 2 aromatic rings. The zero-order valence-electron chi connectivity index (χ0n) is 17.3. The summed E-state index contributed by atoms with van der Waals surface area (Å²) in [5, 5.41) is 0. The molecule has 2 aromatic carbocycles. The van der Waals surface area contributed by atoms with E-state index >= 15 is 0 Å². The van der Waals surface area contributed by atoms with Crippen molar-refractivity contribution in [2.45, 2.75) is 57.0 Å². The molecule has 2 heterocycles. The molecule has 0 saturated carbocycles. The summed E-state index contributed by atoms with van der Waals surface area (Å²) in [4.78, 5) is 2.83. The van der Waals surface area contributed by atoms with Crippen LogP contribution in [0.2, 0.25) is 0 Å². The normalized spacial score (nSPS) is 23.7. The zero-order valence-corrected chi connectivity index (χ0v) is 18.1. The highest BCUT2D eigenvalue weighted by molar-refractivity contribution is 7.89. The number of sulfonamides is 1. The van der Waals surface area contributed by atoms with E-state index in [1.54, 1.807) is 4.31 Å². The minimum absolute atomic E-state index is 0.123. The van der Waals surface area contributed by atoms with Crippen LogP contribution >= 0.6 is 0 Å². The van der Waals surface area contributed by atoms with Gasteiger partial charge in [0.1, 0.15) is 0 Å². The Kier molecular flexibility index (Phi) is 5.10. The van der Waals surface area contributed by atoms with Crippen LogP contribution in [0.15, 0.2) is 41.3 Å². The van der Waals surface area contributed by atoms with Crippen LogP contribution in [-0.4, -0.2) is 43.8 Å². The lowest BCUT2D eigenvalue weighted by Crippen LogP contribution is -2.48. The van der Waals surface area contributed by atoms with Crippen molar-refractivity contribution in [3.63, 3.8) is 0 Å². The molecule has 0 N–H and O–H groups in total. The van der Waals surface area contributed by atoms with E-state index in [1.807, 2.05) is 39.0 Å². The third-order valence-corrected chi connectivity index (χ3v) is 8.59. The van der Waals surface area contributed by atoms with Crippen LogP contribution in [0.5, 0.6) is 0 Å². The van der Waals surface area contributed by atoms with Crippen molar-refractivity contribution in [1.82, 2.24) is 9.21 Å². The number of likely N-dealkylation sites (N-methyl/N-ethyl adjacent to an activating group) is 1. The van der Waals surface area contributed by atoms with Gasteiger partial charge in [0.25, 0.3) is 0 Å². The van der Waals surface area contributed by atoms with Gasteiger partial charge in [-0.2, -0.15) is 4.31 Å². The Balaban J connectivity index is 1.86. The maximum Gasteiger partial charge on any atom is 0.244 e. The van der Waals surface area contributed by atoms with Gasteiger partial charge in [0.15, 0.2) is 0 Å². The average Bonchev–Trinajstić information content (AvgIpc) is 3.05. The van der Waals surface area contributed by atoms with Crippen molar-refractivity contribution in [3.05, 3.63) is 64.2 Å². The first-order valence-electron chi connectivity index (χ1n) is 10.2. The summed E-state index contributed by atoms with van der Waals surface area (Å²) in [6.07, 6.45) is 2.93. The van der Waals surface area contributed by atoms with Crippen molar-refractivity contribution in [2.75, 3.05) is 20.1 Å². The van der Waals surface area contributed by atoms with Crippen LogP contribution in [0.25, 0.3) is 0 Å². The SMILES string of the molecule is Cc1cc(C)c(S(=O)(=O)N2CCc3ccccc3C2C2CCCN2C)c(C)c1. The van der Waals surface area contributed by atoms with Crippen LogP contribution in [0.4, 0.5) is 0 Å². The lowest BCUT2D eigenvalue weighted by molar-refractivity contribution is 0.175. The van der Waals surface area contributed by atoms with Crippen LogP contribution in [0.3, 0.4) is 0 Å². The maximum atomic E-state index is 13.9. The lowest BCUT2D eigenvalue weighted by atomic mass is 9.89. The quantitative estimate of drug-likeness (QED) is 0.785. The summed E-state index contributed by atoms with van der Waals surface area (Å²) in [5.41, 5.74) is 5.25. The molecule has 4 nitrogen and oxygen atoms in total. The Morgan fingerprint density at radius 2 is 1.68 bits per heavy atom. The average molecular weight is 399 g/mol. The number of benzene rings is 2. The number of aryl methyl sites for hydroxylation is 3. The molecule has 1 fully saturated rings. The molecular weight excluding hydrogens is 368 g/mol. The second-order valence-electron chi connectivity index (χ2n) is 8.43. The summed E-state index contributed by atoms with van der Waals surface area (Å²) in [5.74, 6) is 0. The fourth-order valence-corrected chi connectivity index (χ4v) is 7.32. The van der Waals surface area contributed by atoms with Gasteiger partial charge in [0, 0.05) is 12.6 Å². The van der Waals surface area contributed by atoms with E-state index in [1.165, 1.54) is 11.1 Å². The Morgan fingerprint density at radius 1 is 1.00 bits per heavy atom. The van der Waals surface area contributed by atoms with E-state index in [-0.39, 0.29) is 12.1 Å². The second kappa shape index (κ2) is 7.29. The summed E-state index contributed by atoms with van der Waals surface area (Å²) in [7, 11) is -1.46. The fourth-order valence-electron chi connectivity index (χ4n) is 5.27. The topological polar surface area (TPSA) is 40.6 Å². The van der Waals surface area contributed by atoms with E-state index in [0.717, 1.165) is 42.5 Å². The van der Waals surface area contributed by atoms with E-state index in [0.29, 0.717) is 11.4 Å². The molecule has 5 heteroatoms. The van der Waals surface area contributed by atoms with Crippen molar-refractivity contribution >= 4 is 10.0 Å². The number of hydrogen-bond donors (Lipinski definition) is 0. The molecule has 2 atom stereocenters. The number of hydrogen-bond acceptors (Lipinski definition) is 3. The summed E-state index contributed by atoms with van der Waals surface area (Å²) < 4.78 is 29.7. The molecule has 0 radical (unpaired) electrons. The van der Waals surface area contributed by atoms with Crippen LogP contribution in [0, 0.1) is 20.8 Å². The molecule has 1 saturated heterocycles. The molecule has 0 aromatic heterocycles. The minimum Gasteiger partial charge on any atom is -0.301 e. The van der Waals surface area contributed by atoms with E-state index in [2.05, 4.69) is 30.1 Å². The van der Waals surface area contributed by atoms with Crippen LogP contribution in [-0.2, 0) is 16.4 Å². The Bertz CT molecular complexity index is 976. The highest BCUT2D eigenvalue weighted by Gasteiger charge is 2.43. The first-order chi connectivity index (χ1) is 13.3. The molecule has 150 valence electrons. The molecular formula is C23H30N2O2S. The van der Waals surface area contributed by atoms with Gasteiger partial charge in [-0.15, -0.1) is 0 Å². The molecule has 2 aliphatic rings. The highest BCUT2D eigenvalue weighted by atomic mass is 32.2. The second-order valence-corrected chi connectivity index (χ2v) is 10.3. The Morgan fingerprint density at radius 3 is 2.32 bits per heavy atom. The number of fused-ring (bicyclic) bond motifs is 1. The standard InChI is InChI=1S/C23H30N2O2S/c1-16-14-17(2)23(18(3)15-16)28(26,27)25-13-11-19-8-5-6-9-20(19)22(25)21-10-7-12-24(21)4/h5-6,8-9,14-15,21-22H,7,10-13H2,1-4H3. The van der Waals surface area contributed by atoms with Gasteiger partial charge in [-0.1, -0.05) is 42.0 Å². The Labute approximate surface area is 169 Å². The molecule has 0 bridgehead atoms. The van der Waals surface area contributed by atoms with E-state index < -0.39 is 10.0 Å². The predicted octanol–water partition coefficient (Wildman–Crippen LogP) is 3.99. The number of nitrogens with zero attached hydrogens (tertiary/aromatic N) is 2. The van der Waals surface area contributed by atoms with Crippen molar-refractivity contribution in [3.8, 4) is 0 Å². The highest BCUT2D eigenvalue weighted by Crippen LogP contribution is 2.41. The van der Waals surface area contributed by atoms with Gasteiger partial charge in [0.05, 0.1) is 10.9 Å². The Hall–Kier alpha value is -1.69. The van der Waals surface area contributed by atoms with Crippen LogP contribution in [0.1, 0.15) is 46.7 Å². The van der Waals surface area contributed by atoms with Gasteiger partial charge in [0.2, 0.25) is 10.0 Å². The molecule has 2 unspecified atom stereocenters. The van der Waals surface area contributed by atoms with Gasteiger partial charge in [-0.05, 0) is 75.9 Å². The third-order valence-electron chi connectivity index (χ3n) is 6.40. The third kappa shape index (κ3) is 3.19. The van der Waals surface area contributed by atoms with Gasteiger partial charge in [-0.3, -0.25) is 0 Å². The molecule has 4 rings (SSSR count). The summed E-state index contributed by atoms with van der Waals surface area (Å²) in [6, 6.07) is 12.5. The first kappa shape index (κ1) is 19.6. The van der Waals surface area contributed by atoms with Crippen molar-refractivity contribution in [1.29, 1.82) is 0 Å². The predicted molar refractivity (Wildman–Crippen MR) is 113 cm³/mol. The monoisotopic (exact) mass is 398 g/mol. The summed E-state index contributed by atoms with van der Waals surface area (Å²) in [6.45, 7) is 7.42. The number of likely N-dealkylation sites (tertiary alicyclic amines) is 1. The van der Waals surface area contributed by atoms with E-state index in [4.69, 9.17) is 0 Å². The smallest absolute Gasteiger partial charge is 0.244 e. The largest absolute Gasteiger partial charge is 0.301 e. The number of rotatable bonds is 3. The van der Waals surface area contributed by atoms with Crippen molar-refractivity contribution < 1.29 is 8.42 Å². The maximum absolute atomic E-state index is 13.9. The van der Waals surface area contributed by atoms with Crippen molar-refractivity contribution in [2.24, 2.45) is 0 Å². The van der Waals surface area contributed by atoms with Crippen LogP contribution < -0.4 is 0 Å². The minimum atomic E-state index is -3.59. The summed E-state index contributed by atoms with van der Waals surface area (Å²) >= 11 is 0. The fraction of sp³-hybridized carbons (Fsp3) is 0.478. The van der Waals surface area contributed by atoms with E-state index in [9.17, 15) is 8.42 Å². The molecule has 2 aliphatic heterocycles.